The number of carbonyl (C=O) groups excluding carboxylic acids is 1. The number of methoxy groups -OCH3 is 1. The van der Waals surface area contributed by atoms with Gasteiger partial charge in [0.2, 0.25) is 0 Å². The standard InChI is InChI=1S/C27H23BrClN3O5/c1-4-36-27(34)16(2)37-24-21(35-3)14-18(22(28)23(24)29)15-30-32-25(17-10-6-5-7-11-17)31-20-13-9-8-12-19(20)26(32)33/h5-16H,4H2,1-3H3/t16-/m1/s1. The zero-order chi connectivity index (χ0) is 26.5. The number of esters is 1. The lowest BCUT2D eigenvalue weighted by Crippen LogP contribution is -2.26. The number of halogens is 2. The van der Waals surface area contributed by atoms with Crippen LogP contribution in [0.1, 0.15) is 19.4 Å². The van der Waals surface area contributed by atoms with E-state index >= 15 is 0 Å². The number of rotatable bonds is 8. The normalized spacial score (nSPS) is 12.0. The van der Waals surface area contributed by atoms with E-state index < -0.39 is 12.1 Å². The predicted molar refractivity (Wildman–Crippen MR) is 147 cm³/mol. The minimum atomic E-state index is -0.909. The number of carbonyl (C=O) groups is 1. The number of benzene rings is 3. The Morgan fingerprint density at radius 3 is 2.59 bits per heavy atom. The van der Waals surface area contributed by atoms with E-state index in [2.05, 4.69) is 21.0 Å². The molecule has 0 saturated heterocycles. The van der Waals surface area contributed by atoms with Crippen molar-refractivity contribution in [2.45, 2.75) is 20.0 Å². The zero-order valence-corrected chi connectivity index (χ0v) is 22.6. The number of para-hydroxylation sites is 1. The molecule has 0 fully saturated rings. The molecule has 1 heterocycles. The molecule has 4 aromatic rings. The van der Waals surface area contributed by atoms with Crippen molar-refractivity contribution in [3.05, 3.63) is 86.1 Å². The van der Waals surface area contributed by atoms with Crippen molar-refractivity contribution in [3.8, 4) is 22.9 Å². The lowest BCUT2D eigenvalue weighted by atomic mass is 10.2. The number of hydrogen-bond donors (Lipinski definition) is 0. The third-order valence-electron chi connectivity index (χ3n) is 5.39. The van der Waals surface area contributed by atoms with Crippen LogP contribution >= 0.6 is 27.5 Å². The van der Waals surface area contributed by atoms with Crippen molar-refractivity contribution in [3.63, 3.8) is 0 Å². The molecular formula is C27H23BrClN3O5. The van der Waals surface area contributed by atoms with E-state index in [1.807, 2.05) is 36.4 Å². The highest BCUT2D eigenvalue weighted by Gasteiger charge is 2.23. The van der Waals surface area contributed by atoms with Crippen LogP contribution in [0, 0.1) is 0 Å². The summed E-state index contributed by atoms with van der Waals surface area (Å²) in [5.41, 5.74) is 1.49. The Morgan fingerprint density at radius 2 is 1.89 bits per heavy atom. The lowest BCUT2D eigenvalue weighted by Gasteiger charge is -2.18. The Hall–Kier alpha value is -3.69. The monoisotopic (exact) mass is 583 g/mol. The van der Waals surface area contributed by atoms with Crippen molar-refractivity contribution < 1.29 is 19.0 Å². The number of ether oxygens (including phenoxy) is 3. The summed E-state index contributed by atoms with van der Waals surface area (Å²) in [6, 6.07) is 18.1. The highest BCUT2D eigenvalue weighted by molar-refractivity contribution is 9.10. The molecule has 10 heteroatoms. The Labute approximate surface area is 226 Å². The Morgan fingerprint density at radius 1 is 1.19 bits per heavy atom. The largest absolute Gasteiger partial charge is 0.493 e. The fourth-order valence-corrected chi connectivity index (χ4v) is 4.21. The second kappa shape index (κ2) is 11.6. The van der Waals surface area contributed by atoms with Crippen molar-refractivity contribution >= 4 is 50.6 Å². The van der Waals surface area contributed by atoms with Crippen molar-refractivity contribution in [1.29, 1.82) is 0 Å². The molecular weight excluding hydrogens is 562 g/mol. The van der Waals surface area contributed by atoms with E-state index in [-0.39, 0.29) is 28.7 Å². The van der Waals surface area contributed by atoms with Crippen LogP contribution in [0.5, 0.6) is 11.5 Å². The Balaban J connectivity index is 1.80. The predicted octanol–water partition coefficient (Wildman–Crippen LogP) is 5.70. The maximum atomic E-state index is 13.4. The van der Waals surface area contributed by atoms with Crippen LogP contribution in [0.15, 0.2) is 75.0 Å². The van der Waals surface area contributed by atoms with E-state index in [0.29, 0.717) is 26.8 Å². The molecule has 0 aliphatic carbocycles. The highest BCUT2D eigenvalue weighted by atomic mass is 79.9. The van der Waals surface area contributed by atoms with E-state index in [4.69, 9.17) is 30.8 Å². The third-order valence-corrected chi connectivity index (χ3v) is 6.83. The van der Waals surface area contributed by atoms with Gasteiger partial charge in [-0.1, -0.05) is 54.1 Å². The van der Waals surface area contributed by atoms with E-state index in [1.54, 1.807) is 38.1 Å². The summed E-state index contributed by atoms with van der Waals surface area (Å²) in [6.07, 6.45) is 0.565. The fourth-order valence-electron chi connectivity index (χ4n) is 3.57. The van der Waals surface area contributed by atoms with E-state index in [1.165, 1.54) is 18.0 Å². The first-order chi connectivity index (χ1) is 17.8. The molecule has 0 aliphatic heterocycles. The molecule has 0 spiro atoms. The minimum absolute atomic E-state index is 0.170. The van der Waals surface area contributed by atoms with Gasteiger partial charge < -0.3 is 14.2 Å². The summed E-state index contributed by atoms with van der Waals surface area (Å²) in [5.74, 6) is 0.304. The molecule has 0 amide bonds. The maximum absolute atomic E-state index is 13.4. The van der Waals surface area contributed by atoms with Gasteiger partial charge in [0.05, 0.1) is 30.8 Å². The molecule has 0 radical (unpaired) electrons. The van der Waals surface area contributed by atoms with Crippen LogP contribution in [0.2, 0.25) is 5.02 Å². The SMILES string of the molecule is CCOC(=O)[C@@H](C)Oc1c(OC)cc(C=Nn2c(-c3ccccc3)nc3ccccc3c2=O)c(Br)c1Cl. The third kappa shape index (κ3) is 5.52. The first-order valence-electron chi connectivity index (χ1n) is 11.4. The van der Waals surface area contributed by atoms with Crippen LogP contribution in [0.4, 0.5) is 0 Å². The van der Waals surface area contributed by atoms with Crippen molar-refractivity contribution in [2.24, 2.45) is 5.10 Å². The second-order valence-electron chi connectivity index (χ2n) is 7.82. The maximum Gasteiger partial charge on any atom is 0.347 e. The van der Waals surface area contributed by atoms with Crippen molar-refractivity contribution in [2.75, 3.05) is 13.7 Å². The fraction of sp³-hybridized carbons (Fsp3) is 0.185. The average molecular weight is 585 g/mol. The first kappa shape index (κ1) is 26.4. The van der Waals surface area contributed by atoms with Gasteiger partial charge in [-0.05, 0) is 48.0 Å². The van der Waals surface area contributed by atoms with Gasteiger partial charge in [0.15, 0.2) is 23.4 Å². The number of hydrogen-bond acceptors (Lipinski definition) is 7. The summed E-state index contributed by atoms with van der Waals surface area (Å²) in [6.45, 7) is 3.49. The van der Waals surface area contributed by atoms with Gasteiger partial charge in [0, 0.05) is 15.6 Å². The topological polar surface area (TPSA) is 92.0 Å². The Bertz CT molecular complexity index is 1540. The number of nitrogens with zero attached hydrogens (tertiary/aromatic N) is 3. The van der Waals surface area contributed by atoms with E-state index in [9.17, 15) is 9.59 Å². The van der Waals surface area contributed by atoms with E-state index in [0.717, 1.165) is 5.56 Å². The van der Waals surface area contributed by atoms with Gasteiger partial charge in [-0.3, -0.25) is 4.79 Å². The van der Waals surface area contributed by atoms with Gasteiger partial charge in [-0.25, -0.2) is 9.78 Å². The van der Waals surface area contributed by atoms with Crippen LogP contribution in [-0.2, 0) is 9.53 Å². The molecule has 0 N–H and O–H groups in total. The average Bonchev–Trinajstić information content (AvgIpc) is 2.92. The highest BCUT2D eigenvalue weighted by Crippen LogP contribution is 2.42. The number of fused-ring (bicyclic) bond motifs is 1. The van der Waals surface area contributed by atoms with Crippen LogP contribution in [-0.4, -0.2) is 41.7 Å². The molecule has 0 aliphatic rings. The molecule has 0 saturated carbocycles. The second-order valence-corrected chi connectivity index (χ2v) is 8.99. The minimum Gasteiger partial charge on any atom is -0.493 e. The molecule has 1 atom stereocenters. The van der Waals surface area contributed by atoms with Gasteiger partial charge in [-0.2, -0.15) is 9.78 Å². The summed E-state index contributed by atoms with van der Waals surface area (Å²) < 4.78 is 17.9. The number of aromatic nitrogens is 2. The van der Waals surface area contributed by atoms with Crippen LogP contribution < -0.4 is 15.0 Å². The smallest absolute Gasteiger partial charge is 0.347 e. The summed E-state index contributed by atoms with van der Waals surface area (Å²) in [7, 11) is 1.45. The van der Waals surface area contributed by atoms with Gasteiger partial charge in [-0.15, -0.1) is 0 Å². The first-order valence-corrected chi connectivity index (χ1v) is 12.5. The molecule has 8 nitrogen and oxygen atoms in total. The molecule has 190 valence electrons. The lowest BCUT2D eigenvalue weighted by molar-refractivity contribution is -0.150. The van der Waals surface area contributed by atoms with Gasteiger partial charge in [0.1, 0.15) is 5.02 Å². The van der Waals surface area contributed by atoms with Crippen LogP contribution in [0.25, 0.3) is 22.3 Å². The zero-order valence-electron chi connectivity index (χ0n) is 20.3. The molecule has 1 aromatic heterocycles. The van der Waals surface area contributed by atoms with Crippen LogP contribution in [0.3, 0.4) is 0 Å². The molecule has 3 aromatic carbocycles. The quantitative estimate of drug-likeness (QED) is 0.195. The molecule has 37 heavy (non-hydrogen) atoms. The van der Waals surface area contributed by atoms with Gasteiger partial charge >= 0.3 is 5.97 Å². The Kier molecular flexibility index (Phi) is 8.25. The summed E-state index contributed by atoms with van der Waals surface area (Å²) >= 11 is 10.0. The molecule has 4 rings (SSSR count). The summed E-state index contributed by atoms with van der Waals surface area (Å²) in [5, 5.41) is 5.09. The van der Waals surface area contributed by atoms with Gasteiger partial charge in [0.25, 0.3) is 5.56 Å². The van der Waals surface area contributed by atoms with Crippen molar-refractivity contribution in [1.82, 2.24) is 9.66 Å². The molecule has 0 bridgehead atoms. The molecule has 0 unspecified atom stereocenters. The summed E-state index contributed by atoms with van der Waals surface area (Å²) in [4.78, 5) is 30.1.